The third-order valence-corrected chi connectivity index (χ3v) is 2.73. The van der Waals surface area contributed by atoms with E-state index in [0.717, 1.165) is 12.1 Å². The number of rotatable bonds is 3. The van der Waals surface area contributed by atoms with E-state index >= 15 is 0 Å². The second-order valence-corrected chi connectivity index (χ2v) is 4.23. The minimum atomic E-state index is -4.40. The molecule has 0 atom stereocenters. The van der Waals surface area contributed by atoms with Crippen LogP contribution in [0.15, 0.2) is 41.0 Å². The summed E-state index contributed by atoms with van der Waals surface area (Å²) in [4.78, 5) is 11.9. The van der Waals surface area contributed by atoms with Crippen LogP contribution < -0.4 is 0 Å². The van der Waals surface area contributed by atoms with Crippen LogP contribution in [0.3, 0.4) is 0 Å². The molecule has 1 aromatic heterocycles. The molecule has 2 aromatic rings. The first-order valence-electron chi connectivity index (χ1n) is 5.61. The Morgan fingerprint density at radius 3 is 2.58 bits per heavy atom. The minimum Gasteiger partial charge on any atom is -0.461 e. The van der Waals surface area contributed by atoms with Crippen LogP contribution in [0, 0.1) is 6.92 Å². The quantitative estimate of drug-likeness (QED) is 0.787. The van der Waals surface area contributed by atoms with Crippen LogP contribution in [-0.2, 0) is 12.6 Å². The van der Waals surface area contributed by atoms with Gasteiger partial charge in [-0.05, 0) is 30.2 Å². The maximum absolute atomic E-state index is 12.5. The van der Waals surface area contributed by atoms with Crippen molar-refractivity contribution in [3.8, 4) is 0 Å². The second kappa shape index (κ2) is 4.91. The van der Waals surface area contributed by atoms with Crippen molar-refractivity contribution < 1.29 is 22.4 Å². The maximum Gasteiger partial charge on any atom is 0.416 e. The molecular weight excluding hydrogens is 257 g/mol. The van der Waals surface area contributed by atoms with Crippen molar-refractivity contribution in [3.05, 3.63) is 59.0 Å². The van der Waals surface area contributed by atoms with Crippen LogP contribution in [0.25, 0.3) is 0 Å². The summed E-state index contributed by atoms with van der Waals surface area (Å²) >= 11 is 0. The lowest BCUT2D eigenvalue weighted by Gasteiger charge is -2.08. The van der Waals surface area contributed by atoms with E-state index in [2.05, 4.69) is 0 Å². The number of benzene rings is 1. The van der Waals surface area contributed by atoms with Gasteiger partial charge in [-0.1, -0.05) is 18.2 Å². The first-order chi connectivity index (χ1) is 8.88. The predicted octanol–water partition coefficient (Wildman–Crippen LogP) is 4.03. The Labute approximate surface area is 107 Å². The fraction of sp³-hybridized carbons (Fsp3) is 0.214. The van der Waals surface area contributed by atoms with Gasteiger partial charge in [-0.2, -0.15) is 13.2 Å². The monoisotopic (exact) mass is 268 g/mol. The van der Waals surface area contributed by atoms with E-state index in [1.165, 1.54) is 18.4 Å². The van der Waals surface area contributed by atoms with E-state index in [4.69, 9.17) is 4.42 Å². The Balaban J connectivity index is 2.21. The zero-order valence-corrected chi connectivity index (χ0v) is 10.1. The summed E-state index contributed by atoms with van der Waals surface area (Å²) in [7, 11) is 0. The Hall–Kier alpha value is -2.04. The number of aryl methyl sites for hydroxylation is 1. The third kappa shape index (κ3) is 3.05. The number of ketones is 1. The van der Waals surface area contributed by atoms with Gasteiger partial charge in [0, 0.05) is 6.42 Å². The van der Waals surface area contributed by atoms with E-state index in [9.17, 15) is 18.0 Å². The average Bonchev–Trinajstić information content (AvgIpc) is 2.75. The smallest absolute Gasteiger partial charge is 0.416 e. The molecule has 0 aliphatic rings. The van der Waals surface area contributed by atoms with E-state index in [-0.39, 0.29) is 18.0 Å². The molecule has 0 N–H and O–H groups in total. The van der Waals surface area contributed by atoms with E-state index in [1.54, 1.807) is 13.0 Å². The summed E-state index contributed by atoms with van der Waals surface area (Å²) in [5.74, 6) is -0.140. The first-order valence-corrected chi connectivity index (χ1v) is 5.61. The zero-order chi connectivity index (χ0) is 14.0. The summed E-state index contributed by atoms with van der Waals surface area (Å²) in [6, 6.07) is 6.38. The molecular formula is C14H11F3O2. The van der Waals surface area contributed by atoms with Crippen molar-refractivity contribution in [2.24, 2.45) is 0 Å². The highest BCUT2D eigenvalue weighted by molar-refractivity contribution is 5.96. The van der Waals surface area contributed by atoms with Crippen molar-refractivity contribution in [1.82, 2.24) is 0 Å². The molecule has 0 saturated heterocycles. The average molecular weight is 268 g/mol. The zero-order valence-electron chi connectivity index (χ0n) is 10.1. The topological polar surface area (TPSA) is 30.2 Å². The Morgan fingerprint density at radius 1 is 1.26 bits per heavy atom. The molecule has 0 radical (unpaired) electrons. The molecule has 0 bridgehead atoms. The lowest BCUT2D eigenvalue weighted by Crippen LogP contribution is -2.08. The fourth-order valence-electron chi connectivity index (χ4n) is 1.78. The molecule has 5 heteroatoms. The SMILES string of the molecule is Cc1ccoc1C(=O)Cc1cccc(C(F)(F)F)c1. The van der Waals surface area contributed by atoms with E-state index in [1.807, 2.05) is 0 Å². The van der Waals surface area contributed by atoms with Gasteiger partial charge in [0.2, 0.25) is 5.78 Å². The van der Waals surface area contributed by atoms with Crippen molar-refractivity contribution >= 4 is 5.78 Å². The number of carbonyl (C=O) groups is 1. The van der Waals surface area contributed by atoms with E-state index in [0.29, 0.717) is 11.1 Å². The van der Waals surface area contributed by atoms with Crippen LogP contribution >= 0.6 is 0 Å². The largest absolute Gasteiger partial charge is 0.461 e. The van der Waals surface area contributed by atoms with Crippen LogP contribution in [-0.4, -0.2) is 5.78 Å². The van der Waals surface area contributed by atoms with Crippen molar-refractivity contribution in [2.75, 3.05) is 0 Å². The van der Waals surface area contributed by atoms with Gasteiger partial charge in [-0.15, -0.1) is 0 Å². The maximum atomic E-state index is 12.5. The van der Waals surface area contributed by atoms with Crippen molar-refractivity contribution in [1.29, 1.82) is 0 Å². The number of alkyl halides is 3. The third-order valence-electron chi connectivity index (χ3n) is 2.73. The van der Waals surface area contributed by atoms with Gasteiger partial charge in [0.15, 0.2) is 5.76 Å². The molecule has 2 rings (SSSR count). The van der Waals surface area contributed by atoms with Gasteiger partial charge in [-0.25, -0.2) is 0 Å². The van der Waals surface area contributed by atoms with Gasteiger partial charge in [-0.3, -0.25) is 4.79 Å². The normalized spacial score (nSPS) is 11.6. The number of hydrogen-bond donors (Lipinski definition) is 0. The molecule has 1 aromatic carbocycles. The highest BCUT2D eigenvalue weighted by atomic mass is 19.4. The molecule has 0 amide bonds. The van der Waals surface area contributed by atoms with Crippen LogP contribution in [0.2, 0.25) is 0 Å². The second-order valence-electron chi connectivity index (χ2n) is 4.23. The summed E-state index contributed by atoms with van der Waals surface area (Å²) in [5, 5.41) is 0. The molecule has 2 nitrogen and oxygen atoms in total. The standard InChI is InChI=1S/C14H11F3O2/c1-9-5-6-19-13(9)12(18)8-10-3-2-4-11(7-10)14(15,16)17/h2-7H,8H2,1H3. The lowest BCUT2D eigenvalue weighted by atomic mass is 10.0. The Bertz CT molecular complexity index is 597. The number of Topliss-reactive ketones (excluding diaryl/α,β-unsaturated/α-hetero) is 1. The lowest BCUT2D eigenvalue weighted by molar-refractivity contribution is -0.137. The molecule has 0 saturated carbocycles. The number of halogens is 3. The number of hydrogen-bond acceptors (Lipinski definition) is 2. The van der Waals surface area contributed by atoms with Crippen LogP contribution in [0.4, 0.5) is 13.2 Å². The minimum absolute atomic E-state index is 0.113. The Morgan fingerprint density at radius 2 is 2.00 bits per heavy atom. The molecule has 1 heterocycles. The summed E-state index contributed by atoms with van der Waals surface area (Å²) in [6.45, 7) is 1.71. The molecule has 0 fully saturated rings. The van der Waals surface area contributed by atoms with Gasteiger partial charge >= 0.3 is 6.18 Å². The number of furan rings is 1. The molecule has 0 unspecified atom stereocenters. The molecule has 100 valence electrons. The fourth-order valence-corrected chi connectivity index (χ4v) is 1.78. The van der Waals surface area contributed by atoms with Crippen molar-refractivity contribution in [2.45, 2.75) is 19.5 Å². The van der Waals surface area contributed by atoms with Gasteiger partial charge in [0.1, 0.15) is 0 Å². The first kappa shape index (κ1) is 13.4. The summed E-state index contributed by atoms with van der Waals surface area (Å²) in [6.07, 6.45) is -3.13. The summed E-state index contributed by atoms with van der Waals surface area (Å²) < 4.78 is 42.6. The Kier molecular flexibility index (Phi) is 3.46. The van der Waals surface area contributed by atoms with Crippen LogP contribution in [0.1, 0.15) is 27.2 Å². The summed E-state index contributed by atoms with van der Waals surface area (Å²) in [5.41, 5.74) is 0.238. The van der Waals surface area contributed by atoms with Crippen molar-refractivity contribution in [3.63, 3.8) is 0 Å². The molecule has 0 aliphatic heterocycles. The van der Waals surface area contributed by atoms with Gasteiger partial charge < -0.3 is 4.42 Å². The van der Waals surface area contributed by atoms with Crippen LogP contribution in [0.5, 0.6) is 0 Å². The highest BCUT2D eigenvalue weighted by Gasteiger charge is 2.30. The molecule has 0 aliphatic carbocycles. The molecule has 0 spiro atoms. The predicted molar refractivity (Wildman–Crippen MR) is 62.9 cm³/mol. The highest BCUT2D eigenvalue weighted by Crippen LogP contribution is 2.29. The molecule has 19 heavy (non-hydrogen) atoms. The van der Waals surface area contributed by atoms with Gasteiger partial charge in [0.05, 0.1) is 11.8 Å². The van der Waals surface area contributed by atoms with E-state index < -0.39 is 11.7 Å². The number of carbonyl (C=O) groups excluding carboxylic acids is 1. The van der Waals surface area contributed by atoms with Gasteiger partial charge in [0.25, 0.3) is 0 Å².